The van der Waals surface area contributed by atoms with Gasteiger partial charge in [-0.1, -0.05) is 12.1 Å². The molecule has 102 valence electrons. The van der Waals surface area contributed by atoms with Crippen LogP contribution in [-0.4, -0.2) is 47.2 Å². The number of rotatable bonds is 8. The molecule has 0 unspecified atom stereocenters. The second-order valence-corrected chi connectivity index (χ2v) is 6.28. The van der Waals surface area contributed by atoms with Crippen LogP contribution in [0, 0.1) is 0 Å². The van der Waals surface area contributed by atoms with Gasteiger partial charge in [0.2, 0.25) is 0 Å². The number of carbonyl (C=O) groups excluding carboxylic acids is 1. The molecule has 1 aromatic rings. The molecular formula is C10H18N4O3S. The average molecular weight is 274 g/mol. The molecule has 0 radical (unpaired) electrons. The average Bonchev–Trinajstić information content (AvgIpc) is 2.75. The molecule has 1 heterocycles. The van der Waals surface area contributed by atoms with Crippen LogP contribution in [0.4, 0.5) is 0 Å². The zero-order valence-electron chi connectivity index (χ0n) is 10.4. The molecule has 0 atom stereocenters. The number of nitrogens with zero attached hydrogens (tertiary/aromatic N) is 3. The highest BCUT2D eigenvalue weighted by Crippen LogP contribution is 2.03. The van der Waals surface area contributed by atoms with E-state index in [-0.39, 0.29) is 29.4 Å². The van der Waals surface area contributed by atoms with Crippen molar-refractivity contribution in [3.8, 4) is 0 Å². The Morgan fingerprint density at radius 3 is 2.78 bits per heavy atom. The number of sulfone groups is 1. The minimum Gasteiger partial charge on any atom is -0.329 e. The normalized spacial score (nSPS) is 11.7. The maximum atomic E-state index is 11.7. The summed E-state index contributed by atoms with van der Waals surface area (Å²) in [6.07, 6.45) is 1.99. The minimum absolute atomic E-state index is 0.0519. The fourth-order valence-electron chi connectivity index (χ4n) is 1.46. The number of nitrogens with two attached hydrogens (primary N) is 1. The van der Waals surface area contributed by atoms with E-state index >= 15 is 0 Å². The fourth-order valence-corrected chi connectivity index (χ4v) is 2.78. The molecule has 0 saturated heterocycles. The van der Waals surface area contributed by atoms with Gasteiger partial charge in [-0.25, -0.2) is 8.42 Å². The molecule has 7 nitrogen and oxygen atoms in total. The number of ketones is 1. The number of aromatic nitrogens is 3. The SMILES string of the molecule is CCCS(=O)(=O)CCC(=O)c1cn(CCN)nn1. The van der Waals surface area contributed by atoms with Crippen LogP contribution in [0.25, 0.3) is 0 Å². The van der Waals surface area contributed by atoms with Crippen molar-refractivity contribution in [1.29, 1.82) is 0 Å². The van der Waals surface area contributed by atoms with E-state index in [2.05, 4.69) is 10.3 Å². The van der Waals surface area contributed by atoms with Crippen LogP contribution in [0.1, 0.15) is 30.3 Å². The van der Waals surface area contributed by atoms with E-state index in [0.29, 0.717) is 19.5 Å². The second kappa shape index (κ2) is 6.60. The fraction of sp³-hybridized carbons (Fsp3) is 0.700. The summed E-state index contributed by atoms with van der Waals surface area (Å²) < 4.78 is 24.4. The van der Waals surface area contributed by atoms with Crippen molar-refractivity contribution >= 4 is 15.6 Å². The van der Waals surface area contributed by atoms with E-state index in [1.807, 2.05) is 0 Å². The van der Waals surface area contributed by atoms with Gasteiger partial charge in [-0.2, -0.15) is 0 Å². The first-order valence-electron chi connectivity index (χ1n) is 5.82. The third-order valence-electron chi connectivity index (χ3n) is 2.34. The van der Waals surface area contributed by atoms with Gasteiger partial charge in [0.15, 0.2) is 15.6 Å². The molecule has 0 amide bonds. The van der Waals surface area contributed by atoms with E-state index in [4.69, 9.17) is 5.73 Å². The van der Waals surface area contributed by atoms with Gasteiger partial charge in [0.1, 0.15) is 5.69 Å². The van der Waals surface area contributed by atoms with Crippen molar-refractivity contribution in [1.82, 2.24) is 15.0 Å². The summed E-state index contributed by atoms with van der Waals surface area (Å²) in [4.78, 5) is 11.7. The monoisotopic (exact) mass is 274 g/mol. The van der Waals surface area contributed by atoms with Gasteiger partial charge in [0.05, 0.1) is 18.5 Å². The largest absolute Gasteiger partial charge is 0.329 e. The Morgan fingerprint density at radius 1 is 1.44 bits per heavy atom. The lowest BCUT2D eigenvalue weighted by Gasteiger charge is -2.00. The Bertz CT molecular complexity index is 495. The van der Waals surface area contributed by atoms with Crippen molar-refractivity contribution in [3.05, 3.63) is 11.9 Å². The zero-order valence-corrected chi connectivity index (χ0v) is 11.2. The summed E-state index contributed by atoms with van der Waals surface area (Å²) in [6, 6.07) is 0. The highest BCUT2D eigenvalue weighted by atomic mass is 32.2. The molecule has 0 aliphatic heterocycles. The third-order valence-corrected chi connectivity index (χ3v) is 4.19. The molecule has 18 heavy (non-hydrogen) atoms. The third kappa shape index (κ3) is 4.53. The van der Waals surface area contributed by atoms with Crippen LogP contribution in [0.2, 0.25) is 0 Å². The molecule has 0 aromatic carbocycles. The van der Waals surface area contributed by atoms with Gasteiger partial charge in [-0.3, -0.25) is 9.48 Å². The molecule has 1 rings (SSSR count). The lowest BCUT2D eigenvalue weighted by atomic mass is 10.2. The van der Waals surface area contributed by atoms with Crippen LogP contribution in [0.5, 0.6) is 0 Å². The smallest absolute Gasteiger partial charge is 0.185 e. The molecule has 1 aromatic heterocycles. The predicted molar refractivity (Wildman–Crippen MR) is 67.0 cm³/mol. The van der Waals surface area contributed by atoms with Crippen molar-refractivity contribution < 1.29 is 13.2 Å². The van der Waals surface area contributed by atoms with E-state index in [0.717, 1.165) is 0 Å². The van der Waals surface area contributed by atoms with Gasteiger partial charge in [0, 0.05) is 18.7 Å². The molecule has 0 aliphatic carbocycles. The lowest BCUT2D eigenvalue weighted by Crippen LogP contribution is -2.14. The van der Waals surface area contributed by atoms with Crippen LogP contribution >= 0.6 is 0 Å². The number of hydrogen-bond donors (Lipinski definition) is 1. The Balaban J connectivity index is 2.55. The Labute approximate surface area is 106 Å². The van der Waals surface area contributed by atoms with Crippen LogP contribution in [-0.2, 0) is 16.4 Å². The highest BCUT2D eigenvalue weighted by Gasteiger charge is 2.16. The summed E-state index contributed by atoms with van der Waals surface area (Å²) >= 11 is 0. The molecule has 0 spiro atoms. The van der Waals surface area contributed by atoms with E-state index in [9.17, 15) is 13.2 Å². The minimum atomic E-state index is -3.13. The van der Waals surface area contributed by atoms with Gasteiger partial charge in [-0.05, 0) is 6.42 Å². The summed E-state index contributed by atoms with van der Waals surface area (Å²) in [6.45, 7) is 2.67. The van der Waals surface area contributed by atoms with Crippen molar-refractivity contribution in [2.24, 2.45) is 5.73 Å². The Morgan fingerprint density at radius 2 is 2.17 bits per heavy atom. The van der Waals surface area contributed by atoms with Gasteiger partial charge in [-0.15, -0.1) is 5.10 Å². The van der Waals surface area contributed by atoms with Crippen molar-refractivity contribution in [2.45, 2.75) is 26.3 Å². The molecule has 0 bridgehead atoms. The molecule has 0 fully saturated rings. The summed E-state index contributed by atoms with van der Waals surface area (Å²) in [7, 11) is -3.13. The Kier molecular flexibility index (Phi) is 5.42. The second-order valence-electron chi connectivity index (χ2n) is 3.98. The lowest BCUT2D eigenvalue weighted by molar-refractivity contribution is 0.0984. The van der Waals surface area contributed by atoms with Crippen LogP contribution in [0.3, 0.4) is 0 Å². The van der Waals surface area contributed by atoms with Crippen molar-refractivity contribution in [3.63, 3.8) is 0 Å². The first kappa shape index (κ1) is 14.8. The molecule has 0 saturated carbocycles. The molecule has 8 heteroatoms. The maximum Gasteiger partial charge on any atom is 0.185 e. The van der Waals surface area contributed by atoms with E-state index < -0.39 is 9.84 Å². The van der Waals surface area contributed by atoms with Gasteiger partial charge < -0.3 is 5.73 Å². The van der Waals surface area contributed by atoms with Crippen LogP contribution < -0.4 is 5.73 Å². The predicted octanol–water partition coefficient (Wildman–Crippen LogP) is -0.366. The first-order valence-corrected chi connectivity index (χ1v) is 7.64. The highest BCUT2D eigenvalue weighted by molar-refractivity contribution is 7.91. The van der Waals surface area contributed by atoms with E-state index in [1.54, 1.807) is 6.92 Å². The van der Waals surface area contributed by atoms with Gasteiger partial charge in [0.25, 0.3) is 0 Å². The molecule has 2 N–H and O–H groups in total. The standard InChI is InChI=1S/C10H18N4O3S/c1-2-6-18(16,17)7-3-10(15)9-8-14(5-4-11)13-12-9/h8H,2-7,11H2,1H3. The zero-order chi connectivity index (χ0) is 13.6. The quantitative estimate of drug-likeness (QED) is 0.648. The number of carbonyl (C=O) groups is 1. The summed E-state index contributed by atoms with van der Waals surface area (Å²) in [5.41, 5.74) is 5.53. The molecular weight excluding hydrogens is 256 g/mol. The summed E-state index contributed by atoms with van der Waals surface area (Å²) in [5.74, 6) is -0.332. The maximum absolute atomic E-state index is 11.7. The topological polar surface area (TPSA) is 108 Å². The number of Topliss-reactive ketones (excluding diaryl/α,β-unsaturated/α-hetero) is 1. The van der Waals surface area contributed by atoms with Crippen LogP contribution in [0.15, 0.2) is 6.20 Å². The summed E-state index contributed by atoms with van der Waals surface area (Å²) in [5, 5.41) is 7.42. The number of hydrogen-bond acceptors (Lipinski definition) is 6. The Hall–Kier alpha value is -1.28. The van der Waals surface area contributed by atoms with Crippen molar-refractivity contribution in [2.75, 3.05) is 18.1 Å². The van der Waals surface area contributed by atoms with E-state index in [1.165, 1.54) is 10.9 Å². The molecule has 0 aliphatic rings. The first-order chi connectivity index (χ1) is 8.48. The van der Waals surface area contributed by atoms with Gasteiger partial charge >= 0.3 is 0 Å².